The highest BCUT2D eigenvalue weighted by atomic mass is 32.2. The van der Waals surface area contributed by atoms with E-state index in [2.05, 4.69) is 0 Å². The fourth-order valence-electron chi connectivity index (χ4n) is 5.25. The molecule has 1 aromatic rings. The zero-order valence-electron chi connectivity index (χ0n) is 16.9. The Morgan fingerprint density at radius 1 is 1.03 bits per heavy atom. The first-order valence-electron chi connectivity index (χ1n) is 10.8. The maximum Gasteiger partial charge on any atom is 0.277 e. The largest absolute Gasteiger partial charge is 0.335 e. The molecule has 3 atom stereocenters. The van der Waals surface area contributed by atoms with Crippen LogP contribution in [0.2, 0.25) is 0 Å². The molecule has 1 saturated carbocycles. The van der Waals surface area contributed by atoms with Crippen molar-refractivity contribution in [2.45, 2.75) is 37.0 Å². The number of halogens is 1. The number of piperidine rings is 1. The van der Waals surface area contributed by atoms with Crippen LogP contribution in [0, 0.1) is 17.7 Å². The predicted molar refractivity (Wildman–Crippen MR) is 107 cm³/mol. The zero-order chi connectivity index (χ0) is 20.4. The van der Waals surface area contributed by atoms with Gasteiger partial charge in [-0.15, -0.1) is 0 Å². The van der Waals surface area contributed by atoms with E-state index in [-0.39, 0.29) is 23.9 Å². The van der Waals surface area contributed by atoms with Gasteiger partial charge in [0.25, 0.3) is 5.91 Å². The number of fused-ring (bicyclic) bond motifs is 1. The van der Waals surface area contributed by atoms with Crippen molar-refractivity contribution in [3.63, 3.8) is 0 Å². The molecule has 0 spiro atoms. The topological polar surface area (TPSA) is 62.1 Å². The highest BCUT2D eigenvalue weighted by Crippen LogP contribution is 2.32. The van der Waals surface area contributed by atoms with E-state index in [1.54, 1.807) is 4.90 Å². The van der Waals surface area contributed by atoms with Crippen LogP contribution in [0.25, 0.3) is 0 Å². The van der Waals surface area contributed by atoms with Crippen molar-refractivity contribution < 1.29 is 22.5 Å². The molecule has 0 aromatic heterocycles. The SMILES string of the molecule is O=C(C[NH+]1CC[C@H]2CCCC[C@@H]2C1)N1CCN(S(=O)(=O)c2ccccc2F)CC1. The third-order valence-electron chi connectivity index (χ3n) is 6.93. The van der Waals surface area contributed by atoms with Crippen LogP contribution in [0.1, 0.15) is 32.1 Å². The molecular formula is C21H31FN3O3S+. The third kappa shape index (κ3) is 4.49. The number of nitrogens with one attached hydrogen (secondary N) is 1. The van der Waals surface area contributed by atoms with Gasteiger partial charge in [-0.25, -0.2) is 12.8 Å². The van der Waals surface area contributed by atoms with Crippen LogP contribution in [0.3, 0.4) is 0 Å². The van der Waals surface area contributed by atoms with Crippen molar-refractivity contribution in [3.05, 3.63) is 30.1 Å². The first-order valence-corrected chi connectivity index (χ1v) is 12.2. The molecule has 6 nitrogen and oxygen atoms in total. The zero-order valence-corrected chi connectivity index (χ0v) is 17.7. The molecule has 2 aliphatic heterocycles. The third-order valence-corrected chi connectivity index (χ3v) is 8.86. The van der Waals surface area contributed by atoms with Gasteiger partial charge in [-0.2, -0.15) is 4.31 Å². The molecule has 1 N–H and O–H groups in total. The molecule has 3 aliphatic rings. The minimum Gasteiger partial charge on any atom is -0.335 e. The van der Waals surface area contributed by atoms with Gasteiger partial charge in [0.15, 0.2) is 6.54 Å². The average Bonchev–Trinajstić information content (AvgIpc) is 2.74. The number of quaternary nitrogens is 1. The number of rotatable bonds is 4. The first kappa shape index (κ1) is 20.8. The van der Waals surface area contributed by atoms with E-state index >= 15 is 0 Å². The summed E-state index contributed by atoms with van der Waals surface area (Å²) in [5.41, 5.74) is 0. The van der Waals surface area contributed by atoms with E-state index in [0.29, 0.717) is 19.6 Å². The smallest absolute Gasteiger partial charge is 0.277 e. The van der Waals surface area contributed by atoms with E-state index in [1.807, 2.05) is 0 Å². The Labute approximate surface area is 172 Å². The van der Waals surface area contributed by atoms with Gasteiger partial charge >= 0.3 is 0 Å². The van der Waals surface area contributed by atoms with Crippen LogP contribution in [-0.4, -0.2) is 69.3 Å². The van der Waals surface area contributed by atoms with Crippen LogP contribution >= 0.6 is 0 Å². The van der Waals surface area contributed by atoms with Gasteiger partial charge in [-0.05, 0) is 37.3 Å². The highest BCUT2D eigenvalue weighted by molar-refractivity contribution is 7.89. The molecule has 1 unspecified atom stereocenters. The molecular weight excluding hydrogens is 393 g/mol. The molecule has 160 valence electrons. The fourth-order valence-corrected chi connectivity index (χ4v) is 6.74. The normalized spacial score (nSPS) is 28.7. The maximum absolute atomic E-state index is 14.0. The number of benzene rings is 1. The lowest BCUT2D eigenvalue weighted by Gasteiger charge is -2.39. The second kappa shape index (κ2) is 8.70. The van der Waals surface area contributed by atoms with Crippen LogP contribution in [0.15, 0.2) is 29.2 Å². The average molecular weight is 425 g/mol. The molecule has 8 heteroatoms. The fraction of sp³-hybridized carbons (Fsp3) is 0.667. The van der Waals surface area contributed by atoms with Gasteiger partial charge in [-0.1, -0.05) is 25.0 Å². The van der Waals surface area contributed by atoms with E-state index in [4.69, 9.17) is 0 Å². The predicted octanol–water partition coefficient (Wildman–Crippen LogP) is 0.754. The van der Waals surface area contributed by atoms with Crippen LogP contribution in [-0.2, 0) is 14.8 Å². The summed E-state index contributed by atoms with van der Waals surface area (Å²) in [4.78, 5) is 15.6. The number of carbonyl (C=O) groups excluding carboxylic acids is 1. The number of carbonyl (C=O) groups is 1. The summed E-state index contributed by atoms with van der Waals surface area (Å²) in [6, 6.07) is 5.45. The Hall–Kier alpha value is -1.51. The quantitative estimate of drug-likeness (QED) is 0.776. The number of likely N-dealkylation sites (tertiary alicyclic amines) is 1. The summed E-state index contributed by atoms with van der Waals surface area (Å²) < 4.78 is 40.7. The molecule has 29 heavy (non-hydrogen) atoms. The summed E-state index contributed by atoms with van der Waals surface area (Å²) in [5, 5.41) is 0. The summed E-state index contributed by atoms with van der Waals surface area (Å²) >= 11 is 0. The van der Waals surface area contributed by atoms with Crippen molar-refractivity contribution in [1.82, 2.24) is 9.21 Å². The Balaban J connectivity index is 1.30. The minimum atomic E-state index is -3.87. The minimum absolute atomic E-state index is 0.109. The molecule has 0 bridgehead atoms. The number of nitrogens with zero attached hydrogens (tertiary/aromatic N) is 2. The highest BCUT2D eigenvalue weighted by Gasteiger charge is 2.36. The molecule has 1 amide bonds. The van der Waals surface area contributed by atoms with Gasteiger partial charge in [0.2, 0.25) is 10.0 Å². The van der Waals surface area contributed by atoms with E-state index < -0.39 is 15.8 Å². The van der Waals surface area contributed by atoms with Crippen molar-refractivity contribution in [1.29, 1.82) is 0 Å². The van der Waals surface area contributed by atoms with E-state index in [9.17, 15) is 17.6 Å². The number of amides is 1. The second-order valence-electron chi connectivity index (χ2n) is 8.69. The van der Waals surface area contributed by atoms with Gasteiger partial charge < -0.3 is 9.80 Å². The van der Waals surface area contributed by atoms with Gasteiger partial charge in [-0.3, -0.25) is 4.79 Å². The molecule has 4 rings (SSSR count). The Morgan fingerprint density at radius 3 is 2.45 bits per heavy atom. The first-order chi connectivity index (χ1) is 13.9. The summed E-state index contributed by atoms with van der Waals surface area (Å²) in [7, 11) is -3.87. The van der Waals surface area contributed by atoms with Crippen LogP contribution < -0.4 is 4.90 Å². The lowest BCUT2D eigenvalue weighted by Crippen LogP contribution is -3.15. The lowest BCUT2D eigenvalue weighted by molar-refractivity contribution is -0.903. The summed E-state index contributed by atoms with van der Waals surface area (Å²) in [5.74, 6) is 0.996. The Bertz CT molecular complexity index is 839. The number of hydrogen-bond acceptors (Lipinski definition) is 3. The summed E-state index contributed by atoms with van der Waals surface area (Å²) in [6.07, 6.45) is 6.55. The Morgan fingerprint density at radius 2 is 1.72 bits per heavy atom. The van der Waals surface area contributed by atoms with Crippen molar-refractivity contribution >= 4 is 15.9 Å². The molecule has 3 fully saturated rings. The molecule has 2 heterocycles. The van der Waals surface area contributed by atoms with Crippen molar-refractivity contribution in [2.75, 3.05) is 45.8 Å². The van der Waals surface area contributed by atoms with Crippen LogP contribution in [0.4, 0.5) is 4.39 Å². The maximum atomic E-state index is 14.0. The molecule has 0 radical (unpaired) electrons. The number of piperazine rings is 1. The molecule has 1 aromatic carbocycles. The van der Waals surface area contributed by atoms with Crippen molar-refractivity contribution in [2.24, 2.45) is 11.8 Å². The Kier molecular flexibility index (Phi) is 6.22. The second-order valence-corrected chi connectivity index (χ2v) is 10.6. The standard InChI is InChI=1S/C21H30FN3O3S/c22-19-7-3-4-8-20(19)29(27,28)25-13-11-24(12-14-25)21(26)16-23-10-9-17-5-1-2-6-18(17)15-23/h3-4,7-8,17-18H,1-2,5-6,9-16H2/p+1/t17-,18-/m1/s1. The monoisotopic (exact) mass is 424 g/mol. The summed E-state index contributed by atoms with van der Waals surface area (Å²) in [6.45, 7) is 3.82. The van der Waals surface area contributed by atoms with Gasteiger partial charge in [0, 0.05) is 32.1 Å². The van der Waals surface area contributed by atoms with Gasteiger partial charge in [0.1, 0.15) is 10.7 Å². The van der Waals surface area contributed by atoms with Gasteiger partial charge in [0.05, 0.1) is 13.1 Å². The molecule has 1 aliphatic carbocycles. The van der Waals surface area contributed by atoms with E-state index in [0.717, 1.165) is 31.0 Å². The number of sulfonamides is 1. The number of hydrogen-bond donors (Lipinski definition) is 1. The lowest BCUT2D eigenvalue weighted by atomic mass is 9.75. The van der Waals surface area contributed by atoms with Crippen molar-refractivity contribution in [3.8, 4) is 0 Å². The van der Waals surface area contributed by atoms with Crippen LogP contribution in [0.5, 0.6) is 0 Å². The molecule has 2 saturated heterocycles. The van der Waals surface area contributed by atoms with E-state index in [1.165, 1.54) is 59.5 Å².